The van der Waals surface area contributed by atoms with Crippen LogP contribution >= 0.6 is 0 Å². The number of carboxylic acid groups (broad SMARTS) is 2. The fourth-order valence-electron chi connectivity index (χ4n) is 1.66. The number of hydrogen-bond acceptors (Lipinski definition) is 4. The van der Waals surface area contributed by atoms with Crippen LogP contribution in [0.1, 0.15) is 26.3 Å². The van der Waals surface area contributed by atoms with E-state index in [-0.39, 0.29) is 11.8 Å². The molecule has 24 heavy (non-hydrogen) atoms. The van der Waals surface area contributed by atoms with Gasteiger partial charge in [-0.25, -0.2) is 4.79 Å². The molecule has 132 valence electrons. The van der Waals surface area contributed by atoms with Gasteiger partial charge in [0, 0.05) is 20.3 Å². The molecule has 0 aliphatic heterocycles. The number of carbonyl (C=O) groups excluding carboxylic acids is 2. The van der Waals surface area contributed by atoms with Gasteiger partial charge in [-0.15, -0.1) is 0 Å². The van der Waals surface area contributed by atoms with Crippen LogP contribution in [-0.2, 0) is 25.6 Å². The second-order valence-corrected chi connectivity index (χ2v) is 5.04. The molecular weight excluding hydrogens is 316 g/mol. The summed E-state index contributed by atoms with van der Waals surface area (Å²) in [4.78, 5) is 41.8. The molecule has 0 aliphatic carbocycles. The van der Waals surface area contributed by atoms with Crippen LogP contribution in [0.4, 0.5) is 0 Å². The lowest BCUT2D eigenvalue weighted by molar-refractivity contribution is -0.141. The van der Waals surface area contributed by atoms with E-state index in [1.807, 2.05) is 30.3 Å². The van der Waals surface area contributed by atoms with E-state index in [1.165, 1.54) is 20.8 Å². The highest BCUT2D eigenvalue weighted by Crippen LogP contribution is 2.03. The third-order valence-electron chi connectivity index (χ3n) is 2.75. The van der Waals surface area contributed by atoms with E-state index < -0.39 is 24.0 Å². The van der Waals surface area contributed by atoms with Crippen molar-refractivity contribution in [1.82, 2.24) is 10.6 Å². The Morgan fingerprint density at radius 3 is 1.75 bits per heavy atom. The van der Waals surface area contributed by atoms with Crippen LogP contribution in [0.15, 0.2) is 30.3 Å². The number of benzene rings is 1. The molecule has 0 saturated heterocycles. The zero-order chi connectivity index (χ0) is 18.7. The zero-order valence-electron chi connectivity index (χ0n) is 13.8. The van der Waals surface area contributed by atoms with Crippen LogP contribution in [0.25, 0.3) is 0 Å². The average Bonchev–Trinajstić information content (AvgIpc) is 2.47. The lowest BCUT2D eigenvalue weighted by atomic mass is 10.1. The zero-order valence-corrected chi connectivity index (χ0v) is 13.8. The summed E-state index contributed by atoms with van der Waals surface area (Å²) in [6.07, 6.45) is 0.301. The van der Waals surface area contributed by atoms with Gasteiger partial charge in [0.1, 0.15) is 12.1 Å². The highest BCUT2D eigenvalue weighted by Gasteiger charge is 2.18. The largest absolute Gasteiger partial charge is 0.480 e. The Labute approximate surface area is 139 Å². The van der Waals surface area contributed by atoms with Gasteiger partial charge in [0.2, 0.25) is 11.8 Å². The minimum atomic E-state index is -1.02. The molecule has 0 bridgehead atoms. The van der Waals surface area contributed by atoms with Crippen molar-refractivity contribution in [2.24, 2.45) is 0 Å². The predicted molar refractivity (Wildman–Crippen MR) is 86.3 cm³/mol. The molecule has 0 spiro atoms. The Kier molecular flexibility index (Phi) is 9.46. The maximum atomic E-state index is 10.8. The Balaban J connectivity index is 0.000000506. The smallest absolute Gasteiger partial charge is 0.326 e. The molecule has 1 aromatic rings. The monoisotopic (exact) mass is 338 g/mol. The van der Waals surface area contributed by atoms with E-state index in [4.69, 9.17) is 10.2 Å². The number of rotatable bonds is 6. The summed E-state index contributed by atoms with van der Waals surface area (Å²) in [6, 6.07) is 7.55. The Bertz CT molecular complexity index is 573. The first-order valence-electron chi connectivity index (χ1n) is 7.17. The lowest BCUT2D eigenvalue weighted by Gasteiger charge is -2.12. The normalized spacial score (nSPS) is 12.0. The minimum Gasteiger partial charge on any atom is -0.480 e. The molecule has 2 atom stereocenters. The van der Waals surface area contributed by atoms with Crippen molar-refractivity contribution < 1.29 is 29.4 Å². The van der Waals surface area contributed by atoms with Gasteiger partial charge in [0.05, 0.1) is 0 Å². The fraction of sp³-hybridized carbons (Fsp3) is 0.375. The van der Waals surface area contributed by atoms with Gasteiger partial charge in [0.15, 0.2) is 0 Å². The van der Waals surface area contributed by atoms with Crippen LogP contribution in [0, 0.1) is 0 Å². The van der Waals surface area contributed by atoms with Gasteiger partial charge in [0.25, 0.3) is 0 Å². The van der Waals surface area contributed by atoms with Gasteiger partial charge in [-0.2, -0.15) is 0 Å². The lowest BCUT2D eigenvalue weighted by Crippen LogP contribution is -2.41. The van der Waals surface area contributed by atoms with Crippen LogP contribution in [0.5, 0.6) is 0 Å². The van der Waals surface area contributed by atoms with E-state index >= 15 is 0 Å². The molecule has 8 heteroatoms. The highest BCUT2D eigenvalue weighted by molar-refractivity contribution is 5.82. The molecule has 0 heterocycles. The van der Waals surface area contributed by atoms with Gasteiger partial charge >= 0.3 is 11.9 Å². The number of aliphatic carboxylic acids is 2. The van der Waals surface area contributed by atoms with Crippen LogP contribution < -0.4 is 10.6 Å². The molecule has 1 aromatic carbocycles. The SMILES string of the molecule is CC(=O)N[C@@H](C)C(=O)O.CC(=O)N[C@@H](Cc1ccccc1)C(=O)O. The van der Waals surface area contributed by atoms with E-state index in [2.05, 4.69) is 10.6 Å². The van der Waals surface area contributed by atoms with Gasteiger partial charge < -0.3 is 20.8 Å². The summed E-state index contributed by atoms with van der Waals surface area (Å²) >= 11 is 0. The topological polar surface area (TPSA) is 133 Å². The van der Waals surface area contributed by atoms with E-state index in [0.717, 1.165) is 5.56 Å². The molecule has 0 saturated carbocycles. The van der Waals surface area contributed by atoms with Gasteiger partial charge in [-0.3, -0.25) is 14.4 Å². The second-order valence-electron chi connectivity index (χ2n) is 5.04. The fourth-order valence-corrected chi connectivity index (χ4v) is 1.66. The van der Waals surface area contributed by atoms with E-state index in [1.54, 1.807) is 0 Å². The molecular formula is C16H22N2O6. The maximum absolute atomic E-state index is 10.8. The summed E-state index contributed by atoms with van der Waals surface area (Å²) in [7, 11) is 0. The molecule has 0 aliphatic rings. The first-order valence-corrected chi connectivity index (χ1v) is 7.17. The molecule has 4 N–H and O–H groups in total. The van der Waals surface area contributed by atoms with Crippen molar-refractivity contribution in [2.75, 3.05) is 0 Å². The quantitative estimate of drug-likeness (QED) is 0.594. The first kappa shape index (κ1) is 21.1. The number of hydrogen-bond donors (Lipinski definition) is 4. The van der Waals surface area contributed by atoms with Gasteiger partial charge in [-0.05, 0) is 12.5 Å². The molecule has 0 unspecified atom stereocenters. The molecule has 1 rings (SSSR count). The van der Waals surface area contributed by atoms with Crippen molar-refractivity contribution in [3.8, 4) is 0 Å². The molecule has 8 nitrogen and oxygen atoms in total. The Hall–Kier alpha value is -2.90. The Morgan fingerprint density at radius 1 is 0.917 bits per heavy atom. The van der Waals surface area contributed by atoms with Crippen LogP contribution in [0.2, 0.25) is 0 Å². The predicted octanol–water partition coefficient (Wildman–Crippen LogP) is 0.414. The summed E-state index contributed by atoms with van der Waals surface area (Å²) < 4.78 is 0. The summed E-state index contributed by atoms with van der Waals surface area (Å²) in [5, 5.41) is 21.7. The third-order valence-corrected chi connectivity index (χ3v) is 2.75. The van der Waals surface area contributed by atoms with Crippen molar-refractivity contribution in [3.63, 3.8) is 0 Å². The maximum Gasteiger partial charge on any atom is 0.326 e. The van der Waals surface area contributed by atoms with Gasteiger partial charge in [-0.1, -0.05) is 30.3 Å². The molecule has 0 aromatic heterocycles. The molecule has 0 radical (unpaired) electrons. The van der Waals surface area contributed by atoms with Crippen molar-refractivity contribution in [3.05, 3.63) is 35.9 Å². The van der Waals surface area contributed by atoms with Crippen molar-refractivity contribution in [1.29, 1.82) is 0 Å². The number of amides is 2. The molecule has 0 fully saturated rings. The van der Waals surface area contributed by atoms with Crippen molar-refractivity contribution >= 4 is 23.8 Å². The summed E-state index contributed by atoms with van der Waals surface area (Å²) in [5.41, 5.74) is 0.888. The second kappa shape index (κ2) is 10.8. The van der Waals surface area contributed by atoms with E-state index in [0.29, 0.717) is 6.42 Å². The Morgan fingerprint density at radius 2 is 1.42 bits per heavy atom. The number of nitrogens with one attached hydrogen (secondary N) is 2. The average molecular weight is 338 g/mol. The third kappa shape index (κ3) is 9.93. The van der Waals surface area contributed by atoms with Crippen LogP contribution in [-0.4, -0.2) is 46.0 Å². The van der Waals surface area contributed by atoms with Crippen molar-refractivity contribution in [2.45, 2.75) is 39.3 Å². The standard InChI is InChI=1S/C11H13NO3.C5H9NO3/c1-8(13)12-10(11(14)15)7-9-5-3-2-4-6-9;1-3(5(8)9)6-4(2)7/h2-6,10H,7H2,1H3,(H,12,13)(H,14,15);3H,1-2H3,(H,6,7)(H,8,9)/t10-;3-/m00/s1. The van der Waals surface area contributed by atoms with E-state index in [9.17, 15) is 19.2 Å². The minimum absolute atomic E-state index is 0.301. The first-order chi connectivity index (χ1) is 11.1. The molecule has 2 amide bonds. The number of carboxylic acids is 2. The van der Waals surface area contributed by atoms with Crippen LogP contribution in [0.3, 0.4) is 0 Å². The summed E-state index contributed by atoms with van der Waals surface area (Å²) in [6.45, 7) is 3.99. The highest BCUT2D eigenvalue weighted by atomic mass is 16.4. The summed E-state index contributed by atoms with van der Waals surface area (Å²) in [5.74, 6) is -2.71. The number of carbonyl (C=O) groups is 4.